The van der Waals surface area contributed by atoms with Gasteiger partial charge in [-0.3, -0.25) is 4.90 Å². The van der Waals surface area contributed by atoms with Crippen LogP contribution in [0.5, 0.6) is 0 Å². The van der Waals surface area contributed by atoms with E-state index in [1.807, 2.05) is 0 Å². The molecule has 1 saturated carbocycles. The van der Waals surface area contributed by atoms with Gasteiger partial charge in [0.1, 0.15) is 0 Å². The van der Waals surface area contributed by atoms with Crippen molar-refractivity contribution >= 4 is 0 Å². The van der Waals surface area contributed by atoms with Gasteiger partial charge < -0.3 is 5.73 Å². The van der Waals surface area contributed by atoms with Crippen molar-refractivity contribution in [1.82, 2.24) is 4.90 Å². The van der Waals surface area contributed by atoms with Crippen LogP contribution in [0, 0.1) is 11.8 Å². The summed E-state index contributed by atoms with van der Waals surface area (Å²) >= 11 is 0. The second-order valence-electron chi connectivity index (χ2n) is 5.25. The van der Waals surface area contributed by atoms with E-state index in [-0.39, 0.29) is 0 Å². The molecular weight excluding hydrogens is 196 g/mol. The highest BCUT2D eigenvalue weighted by Gasteiger charge is 2.37. The van der Waals surface area contributed by atoms with Gasteiger partial charge in [0.2, 0.25) is 0 Å². The van der Waals surface area contributed by atoms with Crippen LogP contribution in [0.1, 0.15) is 17.5 Å². The average Bonchev–Trinajstić information content (AvgIpc) is 3.07. The topological polar surface area (TPSA) is 29.3 Å². The molecule has 1 aliphatic heterocycles. The first-order valence-corrected chi connectivity index (χ1v) is 6.36. The molecule has 0 aromatic heterocycles. The summed E-state index contributed by atoms with van der Waals surface area (Å²) in [6, 6.07) is 8.85. The summed E-state index contributed by atoms with van der Waals surface area (Å²) in [4.78, 5) is 2.60. The number of nitrogens with two attached hydrogens (primary N) is 1. The third-order valence-electron chi connectivity index (χ3n) is 4.07. The molecule has 86 valence electrons. The minimum absolute atomic E-state index is 0.817. The van der Waals surface area contributed by atoms with E-state index in [1.165, 1.54) is 31.5 Å². The van der Waals surface area contributed by atoms with Gasteiger partial charge in [0.05, 0.1) is 0 Å². The number of rotatable bonds is 3. The molecule has 2 unspecified atom stereocenters. The van der Waals surface area contributed by atoms with Crippen molar-refractivity contribution in [3.05, 3.63) is 35.4 Å². The first-order chi connectivity index (χ1) is 7.86. The fourth-order valence-corrected chi connectivity index (χ4v) is 2.86. The van der Waals surface area contributed by atoms with Crippen molar-refractivity contribution < 1.29 is 0 Å². The zero-order valence-electron chi connectivity index (χ0n) is 9.73. The summed E-state index contributed by atoms with van der Waals surface area (Å²) in [5.41, 5.74) is 8.76. The van der Waals surface area contributed by atoms with E-state index in [2.05, 4.69) is 29.2 Å². The summed E-state index contributed by atoms with van der Waals surface area (Å²) in [5.74, 6) is 1.70. The summed E-state index contributed by atoms with van der Waals surface area (Å²) < 4.78 is 0. The quantitative estimate of drug-likeness (QED) is 0.832. The van der Waals surface area contributed by atoms with Crippen molar-refractivity contribution in [2.75, 3.05) is 19.6 Å². The maximum absolute atomic E-state index is 5.69. The Morgan fingerprint density at radius 1 is 1.19 bits per heavy atom. The van der Waals surface area contributed by atoms with Crippen LogP contribution in [0.2, 0.25) is 0 Å². The number of hydrogen-bond donors (Lipinski definition) is 1. The van der Waals surface area contributed by atoms with E-state index < -0.39 is 0 Å². The predicted octanol–water partition coefficient (Wildman–Crippen LogP) is 1.64. The minimum atomic E-state index is 0.817. The lowest BCUT2D eigenvalue weighted by Crippen LogP contribution is -2.32. The van der Waals surface area contributed by atoms with Crippen LogP contribution in [-0.4, -0.2) is 24.5 Å². The molecule has 1 fully saturated rings. The molecule has 1 aromatic rings. The molecule has 1 aliphatic carbocycles. The Labute approximate surface area is 97.4 Å². The zero-order valence-corrected chi connectivity index (χ0v) is 9.73. The van der Waals surface area contributed by atoms with Crippen LogP contribution in [0.4, 0.5) is 0 Å². The Hall–Kier alpha value is -0.860. The lowest BCUT2D eigenvalue weighted by molar-refractivity contribution is 0.239. The van der Waals surface area contributed by atoms with Gasteiger partial charge in [-0.1, -0.05) is 24.3 Å². The first-order valence-electron chi connectivity index (χ1n) is 6.36. The van der Waals surface area contributed by atoms with Crippen LogP contribution in [0.25, 0.3) is 0 Å². The normalized spacial score (nSPS) is 28.8. The second kappa shape index (κ2) is 4.19. The van der Waals surface area contributed by atoms with Crippen LogP contribution in [0.3, 0.4) is 0 Å². The smallest absolute Gasteiger partial charge is 0.0236 e. The molecule has 16 heavy (non-hydrogen) atoms. The Kier molecular flexibility index (Phi) is 2.70. The molecule has 3 rings (SSSR count). The average molecular weight is 216 g/mol. The lowest BCUT2D eigenvalue weighted by Gasteiger charge is -2.28. The molecule has 0 amide bonds. The molecule has 2 nitrogen and oxygen atoms in total. The van der Waals surface area contributed by atoms with E-state index >= 15 is 0 Å². The second-order valence-corrected chi connectivity index (χ2v) is 5.25. The highest BCUT2D eigenvalue weighted by molar-refractivity contribution is 5.29. The van der Waals surface area contributed by atoms with Gasteiger partial charge in [0.15, 0.2) is 0 Å². The monoisotopic (exact) mass is 216 g/mol. The van der Waals surface area contributed by atoms with Crippen molar-refractivity contribution in [2.45, 2.75) is 19.4 Å². The SMILES string of the molecule is NCC1CC1CN1CCc2ccccc2C1. The van der Waals surface area contributed by atoms with Crippen LogP contribution >= 0.6 is 0 Å². The molecule has 2 heteroatoms. The molecule has 0 saturated heterocycles. The standard InChI is InChI=1S/C14H20N2/c15-8-13-7-14(13)10-16-6-5-11-3-1-2-4-12(11)9-16/h1-4,13-14H,5-10,15H2. The van der Waals surface area contributed by atoms with Crippen molar-refractivity contribution in [2.24, 2.45) is 17.6 Å². The third-order valence-corrected chi connectivity index (χ3v) is 4.07. The molecule has 0 radical (unpaired) electrons. The maximum Gasteiger partial charge on any atom is 0.0236 e. The van der Waals surface area contributed by atoms with E-state index in [1.54, 1.807) is 5.56 Å². The fourth-order valence-electron chi connectivity index (χ4n) is 2.86. The van der Waals surface area contributed by atoms with Gasteiger partial charge in [-0.25, -0.2) is 0 Å². The van der Waals surface area contributed by atoms with Crippen molar-refractivity contribution in [3.63, 3.8) is 0 Å². The van der Waals surface area contributed by atoms with Gasteiger partial charge in [-0.15, -0.1) is 0 Å². The van der Waals surface area contributed by atoms with Gasteiger partial charge in [-0.05, 0) is 42.3 Å². The number of fused-ring (bicyclic) bond motifs is 1. The molecule has 2 aliphatic rings. The maximum atomic E-state index is 5.69. The van der Waals surface area contributed by atoms with Crippen LogP contribution < -0.4 is 5.73 Å². The number of nitrogens with zero attached hydrogens (tertiary/aromatic N) is 1. The molecule has 0 bridgehead atoms. The van der Waals surface area contributed by atoms with Crippen molar-refractivity contribution in [1.29, 1.82) is 0 Å². The molecule has 1 aromatic carbocycles. The molecule has 2 N–H and O–H groups in total. The molecule has 0 spiro atoms. The van der Waals surface area contributed by atoms with Crippen molar-refractivity contribution in [3.8, 4) is 0 Å². The van der Waals surface area contributed by atoms with Gasteiger partial charge in [0, 0.05) is 19.6 Å². The largest absolute Gasteiger partial charge is 0.330 e. The Balaban J connectivity index is 1.61. The fraction of sp³-hybridized carbons (Fsp3) is 0.571. The van der Waals surface area contributed by atoms with Crippen LogP contribution in [-0.2, 0) is 13.0 Å². The zero-order chi connectivity index (χ0) is 11.0. The van der Waals surface area contributed by atoms with Gasteiger partial charge in [-0.2, -0.15) is 0 Å². The van der Waals surface area contributed by atoms with E-state index in [0.717, 1.165) is 24.9 Å². The van der Waals surface area contributed by atoms with Crippen LogP contribution in [0.15, 0.2) is 24.3 Å². The Bertz CT molecular complexity index is 375. The van der Waals surface area contributed by atoms with Gasteiger partial charge >= 0.3 is 0 Å². The predicted molar refractivity (Wildman–Crippen MR) is 66.1 cm³/mol. The lowest BCUT2D eigenvalue weighted by atomic mass is 10.00. The first kappa shape index (κ1) is 10.3. The third kappa shape index (κ3) is 2.00. The Morgan fingerprint density at radius 2 is 2.00 bits per heavy atom. The van der Waals surface area contributed by atoms with E-state index in [4.69, 9.17) is 5.73 Å². The summed E-state index contributed by atoms with van der Waals surface area (Å²) in [6.45, 7) is 4.51. The van der Waals surface area contributed by atoms with E-state index in [9.17, 15) is 0 Å². The van der Waals surface area contributed by atoms with Gasteiger partial charge in [0.25, 0.3) is 0 Å². The highest BCUT2D eigenvalue weighted by Crippen LogP contribution is 2.38. The van der Waals surface area contributed by atoms with E-state index in [0.29, 0.717) is 0 Å². The minimum Gasteiger partial charge on any atom is -0.330 e. The summed E-state index contributed by atoms with van der Waals surface area (Å²) in [7, 11) is 0. The molecular formula is C14H20N2. The number of benzene rings is 1. The highest BCUT2D eigenvalue weighted by atomic mass is 15.1. The summed E-state index contributed by atoms with van der Waals surface area (Å²) in [6.07, 6.45) is 2.57. The molecule has 2 atom stereocenters. The summed E-state index contributed by atoms with van der Waals surface area (Å²) in [5, 5.41) is 0. The Morgan fingerprint density at radius 3 is 2.75 bits per heavy atom. The number of hydrogen-bond acceptors (Lipinski definition) is 2. The molecule has 1 heterocycles.